The second-order valence-corrected chi connectivity index (χ2v) is 6.83. The number of nitrogens with zero attached hydrogens (tertiary/aromatic N) is 6. The van der Waals surface area contributed by atoms with Crippen LogP contribution in [-0.2, 0) is 13.1 Å². The van der Waals surface area contributed by atoms with Crippen LogP contribution in [0, 0.1) is 5.92 Å². The van der Waals surface area contributed by atoms with Gasteiger partial charge in [-0.05, 0) is 30.2 Å². The highest BCUT2D eigenvalue weighted by molar-refractivity contribution is 5.58. The summed E-state index contributed by atoms with van der Waals surface area (Å²) >= 11 is 0. The lowest BCUT2D eigenvalue weighted by atomic mass is 10.2. The molecule has 132 valence electrons. The van der Waals surface area contributed by atoms with Crippen molar-refractivity contribution < 1.29 is 0 Å². The van der Waals surface area contributed by atoms with Crippen LogP contribution >= 0.6 is 0 Å². The van der Waals surface area contributed by atoms with Gasteiger partial charge in [0.25, 0.3) is 0 Å². The van der Waals surface area contributed by atoms with Crippen LogP contribution in [0.15, 0.2) is 67.9 Å². The van der Waals surface area contributed by atoms with E-state index in [0.717, 1.165) is 30.2 Å². The molecule has 0 bridgehead atoms. The second-order valence-electron chi connectivity index (χ2n) is 6.83. The molecule has 26 heavy (non-hydrogen) atoms. The highest BCUT2D eigenvalue weighted by Gasteiger charge is 2.10. The molecular formula is C20H22N6. The average Bonchev–Trinajstić information content (AvgIpc) is 3.38. The molecule has 3 aromatic heterocycles. The Morgan fingerprint density at radius 3 is 2.50 bits per heavy atom. The molecule has 0 fully saturated rings. The van der Waals surface area contributed by atoms with Crippen LogP contribution in [0.5, 0.6) is 0 Å². The molecule has 0 spiro atoms. The molecule has 0 atom stereocenters. The molecule has 6 heteroatoms. The van der Waals surface area contributed by atoms with E-state index in [4.69, 9.17) is 0 Å². The Bertz CT molecular complexity index is 960. The molecule has 0 unspecified atom stereocenters. The largest absolute Gasteiger partial charge is 0.333 e. The van der Waals surface area contributed by atoms with Crippen molar-refractivity contribution in [3.8, 4) is 17.1 Å². The topological polar surface area (TPSA) is 53.5 Å². The lowest BCUT2D eigenvalue weighted by Crippen LogP contribution is -2.10. The molecule has 1 aromatic carbocycles. The highest BCUT2D eigenvalue weighted by atomic mass is 15.1. The standard InChI is InChI=1S/C20H22N6/c1-16(2)12-26-15-22-11-19(26)13-24-10-8-23-20(24)17-3-5-18(6-4-17)25-9-7-21-14-25/h3-11,14-16H,12-13H2,1-2H3. The first-order valence-electron chi connectivity index (χ1n) is 8.79. The van der Waals surface area contributed by atoms with E-state index >= 15 is 0 Å². The molecule has 0 saturated carbocycles. The minimum absolute atomic E-state index is 0.584. The zero-order valence-corrected chi connectivity index (χ0v) is 15.0. The summed E-state index contributed by atoms with van der Waals surface area (Å²) in [5.41, 5.74) is 3.36. The van der Waals surface area contributed by atoms with Crippen molar-refractivity contribution in [1.29, 1.82) is 0 Å². The Labute approximate surface area is 152 Å². The van der Waals surface area contributed by atoms with Crippen LogP contribution in [0.2, 0.25) is 0 Å². The summed E-state index contributed by atoms with van der Waals surface area (Å²) in [6, 6.07) is 8.36. The maximum atomic E-state index is 4.56. The molecule has 0 aliphatic rings. The van der Waals surface area contributed by atoms with Crippen LogP contribution in [0.3, 0.4) is 0 Å². The zero-order chi connectivity index (χ0) is 17.9. The molecule has 0 N–H and O–H groups in total. The molecule has 0 saturated heterocycles. The van der Waals surface area contributed by atoms with Crippen LogP contribution in [0.1, 0.15) is 19.5 Å². The molecule has 6 nitrogen and oxygen atoms in total. The Morgan fingerprint density at radius 1 is 0.923 bits per heavy atom. The Morgan fingerprint density at radius 2 is 1.77 bits per heavy atom. The average molecular weight is 346 g/mol. The molecule has 0 amide bonds. The monoisotopic (exact) mass is 346 g/mol. The zero-order valence-electron chi connectivity index (χ0n) is 15.0. The van der Waals surface area contributed by atoms with Crippen LogP contribution in [-0.4, -0.2) is 28.7 Å². The van der Waals surface area contributed by atoms with E-state index in [-0.39, 0.29) is 0 Å². The Balaban J connectivity index is 1.58. The third-order valence-electron chi connectivity index (χ3n) is 4.34. The molecule has 4 rings (SSSR count). The van der Waals surface area contributed by atoms with Crippen molar-refractivity contribution in [2.75, 3.05) is 0 Å². The quantitative estimate of drug-likeness (QED) is 0.536. The van der Waals surface area contributed by atoms with E-state index in [1.165, 1.54) is 5.69 Å². The fourth-order valence-electron chi connectivity index (χ4n) is 3.10. The maximum Gasteiger partial charge on any atom is 0.140 e. The molecule has 0 aliphatic heterocycles. The van der Waals surface area contributed by atoms with Gasteiger partial charge in [0.15, 0.2) is 0 Å². The van der Waals surface area contributed by atoms with Crippen LogP contribution < -0.4 is 0 Å². The van der Waals surface area contributed by atoms with Gasteiger partial charge < -0.3 is 13.7 Å². The summed E-state index contributed by atoms with van der Waals surface area (Å²) in [5.74, 6) is 1.54. The summed E-state index contributed by atoms with van der Waals surface area (Å²) < 4.78 is 6.37. The van der Waals surface area contributed by atoms with Crippen molar-refractivity contribution in [3.05, 3.63) is 73.6 Å². The first-order chi connectivity index (χ1) is 12.7. The first-order valence-corrected chi connectivity index (χ1v) is 8.79. The van der Waals surface area contributed by atoms with Gasteiger partial charge in [0.05, 0.1) is 24.9 Å². The van der Waals surface area contributed by atoms with Gasteiger partial charge >= 0.3 is 0 Å². The van der Waals surface area contributed by atoms with Crippen molar-refractivity contribution in [1.82, 2.24) is 28.7 Å². The van der Waals surface area contributed by atoms with Gasteiger partial charge in [0, 0.05) is 48.8 Å². The van der Waals surface area contributed by atoms with Gasteiger partial charge in [-0.25, -0.2) is 15.0 Å². The minimum atomic E-state index is 0.584. The van der Waals surface area contributed by atoms with E-state index in [0.29, 0.717) is 5.92 Å². The van der Waals surface area contributed by atoms with Crippen LogP contribution in [0.4, 0.5) is 0 Å². The summed E-state index contributed by atoms with van der Waals surface area (Å²) in [6.45, 7) is 6.16. The van der Waals surface area contributed by atoms with Gasteiger partial charge in [-0.3, -0.25) is 0 Å². The number of hydrogen-bond acceptors (Lipinski definition) is 3. The number of imidazole rings is 3. The van der Waals surface area contributed by atoms with Crippen molar-refractivity contribution in [2.24, 2.45) is 5.92 Å². The van der Waals surface area contributed by atoms with E-state index in [1.54, 1.807) is 12.5 Å². The van der Waals surface area contributed by atoms with E-state index in [2.05, 4.69) is 62.2 Å². The third-order valence-corrected chi connectivity index (χ3v) is 4.34. The maximum absolute atomic E-state index is 4.56. The van der Waals surface area contributed by atoms with E-state index in [9.17, 15) is 0 Å². The van der Waals surface area contributed by atoms with Gasteiger partial charge in [0.2, 0.25) is 0 Å². The smallest absolute Gasteiger partial charge is 0.140 e. The Hall–Kier alpha value is -3.15. The van der Waals surface area contributed by atoms with E-state index < -0.39 is 0 Å². The number of hydrogen-bond donors (Lipinski definition) is 0. The van der Waals surface area contributed by atoms with Gasteiger partial charge in [-0.1, -0.05) is 13.8 Å². The Kier molecular flexibility index (Phi) is 4.39. The van der Waals surface area contributed by atoms with Crippen molar-refractivity contribution in [3.63, 3.8) is 0 Å². The first kappa shape index (κ1) is 16.3. The molecular weight excluding hydrogens is 324 g/mol. The molecule has 3 heterocycles. The minimum Gasteiger partial charge on any atom is -0.333 e. The molecule has 0 radical (unpaired) electrons. The lowest BCUT2D eigenvalue weighted by molar-refractivity contribution is 0.504. The predicted octanol–water partition coefficient (Wildman–Crippen LogP) is 3.64. The van der Waals surface area contributed by atoms with Gasteiger partial charge in [-0.15, -0.1) is 0 Å². The number of rotatable bonds is 6. The highest BCUT2D eigenvalue weighted by Crippen LogP contribution is 2.21. The van der Waals surface area contributed by atoms with E-state index in [1.807, 2.05) is 35.7 Å². The van der Waals surface area contributed by atoms with Gasteiger partial charge in [-0.2, -0.15) is 0 Å². The van der Waals surface area contributed by atoms with Crippen molar-refractivity contribution >= 4 is 0 Å². The van der Waals surface area contributed by atoms with Gasteiger partial charge in [0.1, 0.15) is 5.82 Å². The van der Waals surface area contributed by atoms with Crippen LogP contribution in [0.25, 0.3) is 17.1 Å². The lowest BCUT2D eigenvalue weighted by Gasteiger charge is -2.13. The second kappa shape index (κ2) is 7.00. The summed E-state index contributed by atoms with van der Waals surface area (Å²) in [7, 11) is 0. The third kappa shape index (κ3) is 3.31. The summed E-state index contributed by atoms with van der Waals surface area (Å²) in [5, 5.41) is 0. The summed E-state index contributed by atoms with van der Waals surface area (Å²) in [4.78, 5) is 13.0. The summed E-state index contributed by atoms with van der Waals surface area (Å²) in [6.07, 6.45) is 13.2. The van der Waals surface area contributed by atoms with Crippen molar-refractivity contribution in [2.45, 2.75) is 26.9 Å². The normalized spacial score (nSPS) is 11.3. The fraction of sp³-hybridized carbons (Fsp3) is 0.250. The molecule has 4 aromatic rings. The number of aromatic nitrogens is 6. The molecule has 0 aliphatic carbocycles. The predicted molar refractivity (Wildman–Crippen MR) is 101 cm³/mol. The number of benzene rings is 1. The SMILES string of the molecule is CC(C)Cn1cncc1Cn1ccnc1-c1ccc(-n2ccnc2)cc1. The fourth-order valence-corrected chi connectivity index (χ4v) is 3.10.